The van der Waals surface area contributed by atoms with E-state index in [1.54, 1.807) is 6.07 Å². The number of aliphatic hydroxyl groups excluding tert-OH is 1. The number of carbonyl (C=O) groups is 1. The lowest BCUT2D eigenvalue weighted by Gasteiger charge is -2.10. The summed E-state index contributed by atoms with van der Waals surface area (Å²) in [5, 5.41) is 26.7. The van der Waals surface area contributed by atoms with Crippen LogP contribution in [0, 0.1) is 11.3 Å². The fourth-order valence-corrected chi connectivity index (χ4v) is 1.66. The molecule has 0 saturated heterocycles. The number of aliphatic carboxylic acids is 1. The van der Waals surface area contributed by atoms with Crippen molar-refractivity contribution in [3.8, 4) is 6.07 Å². The number of benzene rings is 1. The molecule has 4 heteroatoms. The maximum Gasteiger partial charge on any atom is 0.307 e. The Balaban J connectivity index is 3.32. The summed E-state index contributed by atoms with van der Waals surface area (Å²) in [5.41, 5.74) is 2.34. The van der Waals surface area contributed by atoms with Crippen LogP contribution < -0.4 is 0 Å². The predicted molar refractivity (Wildman–Crippen MR) is 57.8 cm³/mol. The Bertz CT molecular complexity index is 446. The van der Waals surface area contributed by atoms with Crippen LogP contribution in [-0.4, -0.2) is 16.2 Å². The SMILES string of the molecule is CCc1cc(CO)cc(C#N)c1CC(=O)O. The molecule has 0 heterocycles. The van der Waals surface area contributed by atoms with Gasteiger partial charge in [-0.3, -0.25) is 4.79 Å². The van der Waals surface area contributed by atoms with E-state index in [4.69, 9.17) is 15.5 Å². The monoisotopic (exact) mass is 219 g/mol. The Kier molecular flexibility index (Phi) is 4.03. The molecular formula is C12H13NO3. The van der Waals surface area contributed by atoms with Crippen molar-refractivity contribution in [2.75, 3.05) is 0 Å². The highest BCUT2D eigenvalue weighted by molar-refractivity contribution is 5.72. The summed E-state index contributed by atoms with van der Waals surface area (Å²) in [4.78, 5) is 10.7. The molecule has 0 radical (unpaired) electrons. The predicted octanol–water partition coefficient (Wildman–Crippen LogP) is 1.24. The zero-order chi connectivity index (χ0) is 12.1. The molecule has 0 spiro atoms. The van der Waals surface area contributed by atoms with Crippen LogP contribution in [-0.2, 0) is 24.2 Å². The quantitative estimate of drug-likeness (QED) is 0.798. The van der Waals surface area contributed by atoms with Gasteiger partial charge in [-0.05, 0) is 29.2 Å². The number of rotatable bonds is 4. The second-order valence-electron chi connectivity index (χ2n) is 3.48. The third kappa shape index (κ3) is 2.59. The van der Waals surface area contributed by atoms with Gasteiger partial charge in [0, 0.05) is 0 Å². The first kappa shape index (κ1) is 12.2. The van der Waals surface area contributed by atoms with Crippen LogP contribution in [0.1, 0.15) is 29.2 Å². The molecule has 0 unspecified atom stereocenters. The number of hydrogen-bond acceptors (Lipinski definition) is 3. The van der Waals surface area contributed by atoms with Crippen molar-refractivity contribution in [1.82, 2.24) is 0 Å². The van der Waals surface area contributed by atoms with Gasteiger partial charge in [0.15, 0.2) is 0 Å². The van der Waals surface area contributed by atoms with E-state index in [-0.39, 0.29) is 13.0 Å². The molecule has 0 atom stereocenters. The number of hydrogen-bond donors (Lipinski definition) is 2. The lowest BCUT2D eigenvalue weighted by atomic mass is 9.94. The number of nitriles is 1. The molecule has 0 saturated carbocycles. The molecule has 16 heavy (non-hydrogen) atoms. The molecule has 1 rings (SSSR count). The number of carboxylic acid groups (broad SMARTS) is 1. The highest BCUT2D eigenvalue weighted by Gasteiger charge is 2.12. The molecular weight excluding hydrogens is 206 g/mol. The van der Waals surface area contributed by atoms with Gasteiger partial charge in [-0.1, -0.05) is 13.0 Å². The van der Waals surface area contributed by atoms with Gasteiger partial charge < -0.3 is 10.2 Å². The third-order valence-corrected chi connectivity index (χ3v) is 2.41. The van der Waals surface area contributed by atoms with Crippen molar-refractivity contribution in [3.63, 3.8) is 0 Å². The number of aliphatic hydroxyl groups is 1. The zero-order valence-corrected chi connectivity index (χ0v) is 9.03. The van der Waals surface area contributed by atoms with E-state index >= 15 is 0 Å². The second kappa shape index (κ2) is 5.29. The van der Waals surface area contributed by atoms with E-state index in [1.165, 1.54) is 6.07 Å². The maximum absolute atomic E-state index is 10.7. The minimum absolute atomic E-state index is 0.144. The normalized spacial score (nSPS) is 9.81. The Hall–Kier alpha value is -1.86. The largest absolute Gasteiger partial charge is 0.481 e. The van der Waals surface area contributed by atoms with Crippen LogP contribution in [0.4, 0.5) is 0 Å². The lowest BCUT2D eigenvalue weighted by Crippen LogP contribution is -2.07. The summed E-state index contributed by atoms with van der Waals surface area (Å²) < 4.78 is 0. The van der Waals surface area contributed by atoms with Crippen molar-refractivity contribution in [2.24, 2.45) is 0 Å². The van der Waals surface area contributed by atoms with Gasteiger partial charge in [-0.25, -0.2) is 0 Å². The molecule has 0 aliphatic rings. The van der Waals surface area contributed by atoms with Gasteiger partial charge in [0.25, 0.3) is 0 Å². The van der Waals surface area contributed by atoms with Crippen LogP contribution >= 0.6 is 0 Å². The van der Waals surface area contributed by atoms with Crippen molar-refractivity contribution in [3.05, 3.63) is 34.4 Å². The minimum atomic E-state index is -0.956. The zero-order valence-electron chi connectivity index (χ0n) is 9.03. The fraction of sp³-hybridized carbons (Fsp3) is 0.333. The van der Waals surface area contributed by atoms with Crippen LogP contribution in [0.15, 0.2) is 12.1 Å². The molecule has 0 aromatic heterocycles. The van der Waals surface area contributed by atoms with E-state index in [0.29, 0.717) is 23.1 Å². The van der Waals surface area contributed by atoms with E-state index < -0.39 is 5.97 Å². The van der Waals surface area contributed by atoms with Crippen molar-refractivity contribution >= 4 is 5.97 Å². The Morgan fingerprint density at radius 1 is 1.50 bits per heavy atom. The van der Waals surface area contributed by atoms with Gasteiger partial charge in [-0.15, -0.1) is 0 Å². The van der Waals surface area contributed by atoms with Crippen molar-refractivity contribution in [1.29, 1.82) is 5.26 Å². The van der Waals surface area contributed by atoms with Crippen LogP contribution in [0.3, 0.4) is 0 Å². The van der Waals surface area contributed by atoms with E-state index in [2.05, 4.69) is 0 Å². The fourth-order valence-electron chi connectivity index (χ4n) is 1.66. The first-order valence-electron chi connectivity index (χ1n) is 4.99. The molecule has 4 nitrogen and oxygen atoms in total. The first-order chi connectivity index (χ1) is 7.62. The van der Waals surface area contributed by atoms with E-state index in [0.717, 1.165) is 5.56 Å². The minimum Gasteiger partial charge on any atom is -0.481 e. The van der Waals surface area contributed by atoms with Crippen molar-refractivity contribution < 1.29 is 15.0 Å². The number of nitrogens with zero attached hydrogens (tertiary/aromatic N) is 1. The van der Waals surface area contributed by atoms with Gasteiger partial charge >= 0.3 is 5.97 Å². The van der Waals surface area contributed by atoms with Crippen LogP contribution in [0.25, 0.3) is 0 Å². The Labute approximate surface area is 93.8 Å². The number of carboxylic acids is 1. The molecule has 0 aliphatic carbocycles. The van der Waals surface area contributed by atoms with Gasteiger partial charge in [0.1, 0.15) is 0 Å². The third-order valence-electron chi connectivity index (χ3n) is 2.41. The van der Waals surface area contributed by atoms with Gasteiger partial charge in [0.2, 0.25) is 0 Å². The Morgan fingerprint density at radius 2 is 2.19 bits per heavy atom. The lowest BCUT2D eigenvalue weighted by molar-refractivity contribution is -0.136. The standard InChI is InChI=1S/C12H13NO3/c1-2-9-3-8(7-14)4-10(6-13)11(9)5-12(15)16/h3-4,14H,2,5,7H2,1H3,(H,15,16). The molecule has 0 fully saturated rings. The molecule has 0 aliphatic heterocycles. The van der Waals surface area contributed by atoms with E-state index in [1.807, 2.05) is 13.0 Å². The smallest absolute Gasteiger partial charge is 0.307 e. The molecule has 1 aromatic rings. The maximum atomic E-state index is 10.7. The molecule has 2 N–H and O–H groups in total. The topological polar surface area (TPSA) is 81.3 Å². The van der Waals surface area contributed by atoms with Crippen LogP contribution in [0.2, 0.25) is 0 Å². The first-order valence-corrected chi connectivity index (χ1v) is 4.99. The molecule has 0 bridgehead atoms. The number of aryl methyl sites for hydroxylation is 1. The van der Waals surface area contributed by atoms with Crippen LogP contribution in [0.5, 0.6) is 0 Å². The average Bonchev–Trinajstić information content (AvgIpc) is 2.28. The second-order valence-corrected chi connectivity index (χ2v) is 3.48. The van der Waals surface area contributed by atoms with Gasteiger partial charge in [0.05, 0.1) is 24.7 Å². The van der Waals surface area contributed by atoms with Crippen molar-refractivity contribution in [2.45, 2.75) is 26.4 Å². The summed E-state index contributed by atoms with van der Waals surface area (Å²) in [5.74, 6) is -0.956. The summed E-state index contributed by atoms with van der Waals surface area (Å²) in [6.07, 6.45) is 0.489. The summed E-state index contributed by atoms with van der Waals surface area (Å²) in [7, 11) is 0. The highest BCUT2D eigenvalue weighted by Crippen LogP contribution is 2.19. The summed E-state index contributed by atoms with van der Waals surface area (Å²) in [6, 6.07) is 5.26. The Morgan fingerprint density at radius 3 is 2.62 bits per heavy atom. The van der Waals surface area contributed by atoms with E-state index in [9.17, 15) is 4.79 Å². The summed E-state index contributed by atoms with van der Waals surface area (Å²) >= 11 is 0. The molecule has 84 valence electrons. The summed E-state index contributed by atoms with van der Waals surface area (Å²) in [6.45, 7) is 1.75. The highest BCUT2D eigenvalue weighted by atomic mass is 16.4. The average molecular weight is 219 g/mol. The van der Waals surface area contributed by atoms with Gasteiger partial charge in [-0.2, -0.15) is 5.26 Å². The molecule has 1 aromatic carbocycles. The molecule has 0 amide bonds.